The van der Waals surface area contributed by atoms with Crippen LogP contribution in [0, 0.1) is 0 Å². The van der Waals surface area contributed by atoms with Gasteiger partial charge in [0.15, 0.2) is 0 Å². The fraction of sp³-hybridized carbons (Fsp3) is 0.133. The summed E-state index contributed by atoms with van der Waals surface area (Å²) in [5.41, 5.74) is 10.0. The van der Waals surface area contributed by atoms with E-state index in [2.05, 4.69) is 139 Å². The van der Waals surface area contributed by atoms with E-state index in [1.54, 1.807) is 0 Å². The highest BCUT2D eigenvalue weighted by molar-refractivity contribution is 6.37. The molecule has 0 unspecified atom stereocenters. The van der Waals surface area contributed by atoms with E-state index in [0.29, 0.717) is 0 Å². The molecule has 0 fully saturated rings. The summed E-state index contributed by atoms with van der Waals surface area (Å²) in [6, 6.07) is 38.8. The van der Waals surface area contributed by atoms with E-state index in [1.165, 1.54) is 45.1 Å². The van der Waals surface area contributed by atoms with Crippen molar-refractivity contribution in [3.05, 3.63) is 109 Å². The number of rotatable bonds is 4. The summed E-state index contributed by atoms with van der Waals surface area (Å²) < 4.78 is 4.94. The molecule has 1 heterocycles. The molecule has 0 spiro atoms. The Labute approximate surface area is 190 Å². The van der Waals surface area contributed by atoms with Crippen LogP contribution in [0.4, 0.5) is 11.4 Å². The summed E-state index contributed by atoms with van der Waals surface area (Å²) in [5, 5.41) is 0. The van der Waals surface area contributed by atoms with E-state index in [4.69, 9.17) is 0 Å². The highest BCUT2D eigenvalue weighted by Crippen LogP contribution is 2.36. The molecule has 32 heavy (non-hydrogen) atoms. The van der Waals surface area contributed by atoms with Crippen molar-refractivity contribution >= 4 is 22.8 Å². The van der Waals surface area contributed by atoms with E-state index >= 15 is 0 Å². The normalized spacial score (nSPS) is 14.3. The number of hydrogen-bond donors (Lipinski definition) is 0. The Morgan fingerprint density at radius 1 is 0.469 bits per heavy atom. The van der Waals surface area contributed by atoms with Gasteiger partial charge < -0.3 is 0 Å². The summed E-state index contributed by atoms with van der Waals surface area (Å²) in [5.74, 6) is 0. The first-order valence-corrected chi connectivity index (χ1v) is 11.2. The lowest BCUT2D eigenvalue weighted by atomic mass is 10.0. The van der Waals surface area contributed by atoms with Crippen LogP contribution in [0.15, 0.2) is 109 Å². The van der Waals surface area contributed by atoms with Crippen molar-refractivity contribution in [3.63, 3.8) is 0 Å². The third kappa shape index (κ3) is 3.38. The molecule has 0 atom stereocenters. The Morgan fingerprint density at radius 2 is 0.812 bits per heavy atom. The van der Waals surface area contributed by atoms with E-state index in [9.17, 15) is 0 Å². The van der Waals surface area contributed by atoms with Crippen molar-refractivity contribution in [3.8, 4) is 22.3 Å². The van der Waals surface area contributed by atoms with Gasteiger partial charge >= 0.3 is 6.17 Å². The molecule has 2 heteroatoms. The molecule has 156 valence electrons. The molecule has 0 aliphatic carbocycles. The minimum Gasteiger partial charge on any atom is -0.128 e. The van der Waals surface area contributed by atoms with Crippen LogP contribution in [0.2, 0.25) is 0 Å². The summed E-state index contributed by atoms with van der Waals surface area (Å²) >= 11 is 0. The van der Waals surface area contributed by atoms with Crippen molar-refractivity contribution in [1.29, 1.82) is 0 Å². The third-order valence-electron chi connectivity index (χ3n) is 6.49. The van der Waals surface area contributed by atoms with Crippen LogP contribution in [0.3, 0.4) is 0 Å². The predicted molar refractivity (Wildman–Crippen MR) is 134 cm³/mol. The molecule has 0 aromatic heterocycles. The molecule has 5 rings (SSSR count). The van der Waals surface area contributed by atoms with Crippen molar-refractivity contribution in [2.45, 2.75) is 26.9 Å². The van der Waals surface area contributed by atoms with Crippen LogP contribution in [0.25, 0.3) is 22.3 Å². The molecule has 4 aromatic carbocycles. The van der Waals surface area contributed by atoms with Gasteiger partial charge in [-0.2, -0.15) is 0 Å². The number of nitrogens with zero attached hydrogens (tertiary/aromatic N) is 2. The van der Waals surface area contributed by atoms with Gasteiger partial charge in [0.1, 0.15) is 0 Å². The smallest absolute Gasteiger partial charge is 0.128 e. The number of para-hydroxylation sites is 2. The zero-order valence-corrected chi connectivity index (χ0v) is 18.9. The Bertz CT molecular complexity index is 1230. The predicted octanol–water partition coefficient (Wildman–Crippen LogP) is 7.29. The van der Waals surface area contributed by atoms with Gasteiger partial charge in [0.25, 0.3) is 11.4 Å². The molecule has 2 nitrogen and oxygen atoms in total. The van der Waals surface area contributed by atoms with Crippen molar-refractivity contribution in [2.75, 3.05) is 0 Å². The zero-order chi connectivity index (χ0) is 22.1. The quantitative estimate of drug-likeness (QED) is 0.308. The van der Waals surface area contributed by atoms with Gasteiger partial charge in [0, 0.05) is 26.0 Å². The van der Waals surface area contributed by atoms with Crippen LogP contribution in [-0.4, -0.2) is 26.7 Å². The monoisotopic (exact) mass is 416 g/mol. The highest BCUT2D eigenvalue weighted by atomic mass is 15.3. The first kappa shape index (κ1) is 20.1. The summed E-state index contributed by atoms with van der Waals surface area (Å²) in [7, 11) is 0. The molecule has 1 aliphatic rings. The Morgan fingerprint density at radius 3 is 1.22 bits per heavy atom. The van der Waals surface area contributed by atoms with Gasteiger partial charge in [-0.3, -0.25) is 0 Å². The molecule has 4 aromatic rings. The molecular formula is C30H28N2+2. The average molecular weight is 417 g/mol. The van der Waals surface area contributed by atoms with Gasteiger partial charge in [0.05, 0.1) is 18.1 Å². The van der Waals surface area contributed by atoms with E-state index in [1.807, 2.05) is 0 Å². The minimum atomic E-state index is 0.157. The SMILES string of the molecule is CC1=[N+](c2ccccc2-c2ccccc2)C(C)[N+](c2ccccc2-c2ccccc2)=C1C. The molecule has 0 N–H and O–H groups in total. The van der Waals surface area contributed by atoms with Crippen molar-refractivity contribution < 1.29 is 9.15 Å². The molecular weight excluding hydrogens is 388 g/mol. The first-order valence-electron chi connectivity index (χ1n) is 11.2. The lowest BCUT2D eigenvalue weighted by molar-refractivity contribution is -0.687. The van der Waals surface area contributed by atoms with Crippen LogP contribution in [0.1, 0.15) is 20.8 Å². The lowest BCUT2D eigenvalue weighted by Crippen LogP contribution is -2.26. The Kier molecular flexibility index (Phi) is 5.28. The zero-order valence-electron chi connectivity index (χ0n) is 18.9. The minimum absolute atomic E-state index is 0.157. The highest BCUT2D eigenvalue weighted by Gasteiger charge is 2.44. The third-order valence-corrected chi connectivity index (χ3v) is 6.49. The maximum atomic E-state index is 2.47. The Hall–Kier alpha value is -3.78. The Balaban J connectivity index is 1.64. The van der Waals surface area contributed by atoms with Crippen LogP contribution >= 0.6 is 0 Å². The lowest BCUT2D eigenvalue weighted by Gasteiger charge is -2.12. The number of hydrogen-bond acceptors (Lipinski definition) is 0. The topological polar surface area (TPSA) is 6.02 Å². The second-order valence-corrected chi connectivity index (χ2v) is 8.31. The molecule has 1 aliphatic heterocycles. The second kappa shape index (κ2) is 8.39. The number of benzene rings is 4. The van der Waals surface area contributed by atoms with Gasteiger partial charge in [-0.15, -0.1) is 9.15 Å². The van der Waals surface area contributed by atoms with E-state index < -0.39 is 0 Å². The molecule has 0 saturated carbocycles. The molecule has 0 amide bonds. The summed E-state index contributed by atoms with van der Waals surface area (Å²) in [6.45, 7) is 6.76. The molecule has 0 radical (unpaired) electrons. The first-order chi connectivity index (χ1) is 15.7. The van der Waals surface area contributed by atoms with Crippen molar-refractivity contribution in [2.24, 2.45) is 0 Å². The molecule has 0 bridgehead atoms. The van der Waals surface area contributed by atoms with Crippen LogP contribution in [0.5, 0.6) is 0 Å². The van der Waals surface area contributed by atoms with Gasteiger partial charge in [-0.1, -0.05) is 84.9 Å². The van der Waals surface area contributed by atoms with Crippen LogP contribution < -0.4 is 0 Å². The maximum Gasteiger partial charge on any atom is 0.351 e. The fourth-order valence-electron chi connectivity index (χ4n) is 4.88. The van der Waals surface area contributed by atoms with Gasteiger partial charge in [-0.05, 0) is 23.3 Å². The van der Waals surface area contributed by atoms with E-state index in [-0.39, 0.29) is 6.17 Å². The van der Waals surface area contributed by atoms with Gasteiger partial charge in [-0.25, -0.2) is 0 Å². The molecule has 0 saturated heterocycles. The van der Waals surface area contributed by atoms with Gasteiger partial charge in [0.2, 0.25) is 11.4 Å². The largest absolute Gasteiger partial charge is 0.351 e. The standard InChI is InChI=1S/C30H28N2/c1-22-23(2)32(30-21-13-11-19-28(30)26-16-8-5-9-17-26)24(3)31(22)29-20-12-10-18-27(29)25-14-6-4-7-15-25/h4-21,24H,1-3H3/q+2. The van der Waals surface area contributed by atoms with Crippen molar-refractivity contribution in [1.82, 2.24) is 0 Å². The average Bonchev–Trinajstić information content (AvgIpc) is 3.08. The fourth-order valence-corrected chi connectivity index (χ4v) is 4.88. The second-order valence-electron chi connectivity index (χ2n) is 8.31. The van der Waals surface area contributed by atoms with Crippen LogP contribution in [-0.2, 0) is 0 Å². The van der Waals surface area contributed by atoms with E-state index in [0.717, 1.165) is 0 Å². The summed E-state index contributed by atoms with van der Waals surface area (Å²) in [4.78, 5) is 0. The maximum absolute atomic E-state index is 2.47. The summed E-state index contributed by atoms with van der Waals surface area (Å²) in [6.07, 6.45) is 0.157.